The largest absolute Gasteiger partial charge is 0.489 e. The van der Waals surface area contributed by atoms with E-state index in [1.54, 1.807) is 12.1 Å². The molecule has 22 heavy (non-hydrogen) atoms. The van der Waals surface area contributed by atoms with Gasteiger partial charge in [-0.15, -0.1) is 5.54 Å². The summed E-state index contributed by atoms with van der Waals surface area (Å²) in [4.78, 5) is 3.37. The summed E-state index contributed by atoms with van der Waals surface area (Å²) < 4.78 is 5.75. The van der Waals surface area contributed by atoms with Crippen molar-refractivity contribution in [2.45, 2.75) is 26.2 Å². The summed E-state index contributed by atoms with van der Waals surface area (Å²) >= 11 is 0. The second-order valence-electron chi connectivity index (χ2n) is 6.09. The van der Waals surface area contributed by atoms with Gasteiger partial charge in [0, 0.05) is 5.56 Å². The minimum atomic E-state index is -1.33. The number of hydrogen-bond donors (Lipinski definition) is 0. The van der Waals surface area contributed by atoms with E-state index < -0.39 is 8.07 Å². The van der Waals surface area contributed by atoms with Gasteiger partial charge in [-0.2, -0.15) is 0 Å². The van der Waals surface area contributed by atoms with Crippen molar-refractivity contribution in [2.75, 3.05) is 0 Å². The Morgan fingerprint density at radius 2 is 1.64 bits per heavy atom. The van der Waals surface area contributed by atoms with Crippen LogP contribution in [0.25, 0.3) is 4.85 Å². The molecule has 0 aliphatic rings. The molecule has 0 aliphatic heterocycles. The van der Waals surface area contributed by atoms with Gasteiger partial charge in [-0.05, 0) is 29.8 Å². The van der Waals surface area contributed by atoms with E-state index in [4.69, 9.17) is 11.3 Å². The Morgan fingerprint density at radius 3 is 2.18 bits per heavy atom. The van der Waals surface area contributed by atoms with Crippen molar-refractivity contribution in [3.8, 4) is 17.2 Å². The van der Waals surface area contributed by atoms with Crippen LogP contribution in [-0.4, -0.2) is 8.07 Å². The van der Waals surface area contributed by atoms with Crippen molar-refractivity contribution in [1.82, 2.24) is 0 Å². The summed E-state index contributed by atoms with van der Waals surface area (Å²) in [6, 6.07) is 15.3. The molecule has 0 unspecified atom stereocenters. The van der Waals surface area contributed by atoms with Crippen molar-refractivity contribution in [3.63, 3.8) is 0 Å². The number of benzene rings is 2. The van der Waals surface area contributed by atoms with Gasteiger partial charge >= 0.3 is 0 Å². The van der Waals surface area contributed by atoms with Gasteiger partial charge in [-0.1, -0.05) is 49.8 Å². The molecule has 0 heterocycles. The number of hydrogen-bond acceptors (Lipinski definition) is 1. The van der Waals surface area contributed by atoms with Gasteiger partial charge in [-0.3, -0.25) is 0 Å². The smallest absolute Gasteiger partial charge is 0.187 e. The zero-order valence-electron chi connectivity index (χ0n) is 13.2. The first-order chi connectivity index (χ1) is 10.5. The minimum Gasteiger partial charge on any atom is -0.489 e. The number of ether oxygens (including phenoxy) is 1. The Morgan fingerprint density at radius 1 is 1.00 bits per heavy atom. The maximum atomic E-state index is 6.93. The average molecular weight is 305 g/mol. The summed E-state index contributed by atoms with van der Waals surface area (Å²) in [5.74, 6) is 4.05. The Labute approximate surface area is 133 Å². The van der Waals surface area contributed by atoms with E-state index in [0.717, 1.165) is 16.9 Å². The van der Waals surface area contributed by atoms with Crippen molar-refractivity contribution in [3.05, 3.63) is 71.1 Å². The van der Waals surface area contributed by atoms with Crippen molar-refractivity contribution < 1.29 is 4.74 Å². The van der Waals surface area contributed by atoms with E-state index in [2.05, 4.69) is 36.0 Å². The van der Waals surface area contributed by atoms with E-state index in [1.165, 1.54) is 0 Å². The Balaban J connectivity index is 1.96. The monoisotopic (exact) mass is 305 g/mol. The van der Waals surface area contributed by atoms with Crippen LogP contribution in [0.2, 0.25) is 19.6 Å². The van der Waals surface area contributed by atoms with E-state index in [9.17, 15) is 0 Å². The molecule has 0 saturated heterocycles. The third kappa shape index (κ3) is 5.13. The van der Waals surface area contributed by atoms with Gasteiger partial charge in [0.05, 0.1) is 6.57 Å². The Bertz CT molecular complexity index is 723. The van der Waals surface area contributed by atoms with Crippen LogP contribution in [0.4, 0.5) is 5.69 Å². The second-order valence-corrected chi connectivity index (χ2v) is 10.8. The number of rotatable bonds is 3. The first-order valence-electron chi connectivity index (χ1n) is 7.19. The molecular formula is C19H19NOSi. The highest BCUT2D eigenvalue weighted by Crippen LogP contribution is 2.16. The van der Waals surface area contributed by atoms with Crippen molar-refractivity contribution in [2.24, 2.45) is 0 Å². The lowest BCUT2D eigenvalue weighted by Crippen LogP contribution is -2.16. The van der Waals surface area contributed by atoms with E-state index in [0.29, 0.717) is 12.3 Å². The van der Waals surface area contributed by atoms with Gasteiger partial charge in [0.25, 0.3) is 0 Å². The van der Waals surface area contributed by atoms with Crippen LogP contribution >= 0.6 is 0 Å². The molecule has 110 valence electrons. The van der Waals surface area contributed by atoms with Crippen LogP contribution in [0.5, 0.6) is 5.75 Å². The molecule has 2 rings (SSSR count). The lowest BCUT2D eigenvalue weighted by molar-refractivity contribution is 0.306. The normalized spacial score (nSPS) is 10.3. The zero-order chi connectivity index (χ0) is 16.0. The van der Waals surface area contributed by atoms with Gasteiger partial charge < -0.3 is 4.74 Å². The molecule has 2 aromatic rings. The predicted octanol–water partition coefficient (Wildman–Crippen LogP) is 5.05. The molecule has 0 fully saturated rings. The summed E-state index contributed by atoms with van der Waals surface area (Å²) in [6.45, 7) is 14.1. The van der Waals surface area contributed by atoms with E-state index in [-0.39, 0.29) is 0 Å². The highest BCUT2D eigenvalue weighted by atomic mass is 28.3. The lowest BCUT2D eigenvalue weighted by Gasteiger charge is -2.07. The van der Waals surface area contributed by atoms with Crippen molar-refractivity contribution in [1.29, 1.82) is 0 Å². The molecule has 0 saturated carbocycles. The molecule has 2 aromatic carbocycles. The van der Waals surface area contributed by atoms with Gasteiger partial charge in [0.1, 0.15) is 20.4 Å². The molecule has 0 radical (unpaired) electrons. The van der Waals surface area contributed by atoms with Crippen LogP contribution in [0.3, 0.4) is 0 Å². The fraction of sp³-hybridized carbons (Fsp3) is 0.211. The van der Waals surface area contributed by atoms with E-state index >= 15 is 0 Å². The van der Waals surface area contributed by atoms with Crippen LogP contribution in [0, 0.1) is 18.0 Å². The highest BCUT2D eigenvalue weighted by molar-refractivity contribution is 6.83. The molecule has 0 amide bonds. The number of nitrogens with zero attached hydrogens (tertiary/aromatic N) is 1. The minimum absolute atomic E-state index is 0.498. The van der Waals surface area contributed by atoms with Gasteiger partial charge in [-0.25, -0.2) is 4.85 Å². The molecule has 0 N–H and O–H groups in total. The maximum Gasteiger partial charge on any atom is 0.187 e. The van der Waals surface area contributed by atoms with Gasteiger partial charge in [0.2, 0.25) is 0 Å². The molecule has 3 heteroatoms. The zero-order valence-corrected chi connectivity index (χ0v) is 14.2. The third-order valence-electron chi connectivity index (χ3n) is 2.91. The van der Waals surface area contributed by atoms with E-state index in [1.807, 2.05) is 36.4 Å². The standard InChI is InChI=1S/C19H19NOSi/c1-20-18-9-5-17(6-10-18)15-21-19-11-7-16(8-12-19)13-14-22(2,3)4/h5-12H,15H2,2-4H3. The SMILES string of the molecule is [C-]#[N+]c1ccc(COc2ccc(C#C[Si](C)(C)C)cc2)cc1. The molecule has 0 atom stereocenters. The Kier molecular flexibility index (Phi) is 5.04. The molecule has 0 spiro atoms. The topological polar surface area (TPSA) is 13.6 Å². The van der Waals surface area contributed by atoms with Crippen LogP contribution in [-0.2, 0) is 6.61 Å². The Hall–Kier alpha value is -2.49. The second kappa shape index (κ2) is 6.98. The fourth-order valence-electron chi connectivity index (χ4n) is 1.73. The summed E-state index contributed by atoms with van der Waals surface area (Å²) in [5, 5.41) is 0. The summed E-state index contributed by atoms with van der Waals surface area (Å²) in [7, 11) is -1.33. The first-order valence-corrected chi connectivity index (χ1v) is 10.7. The van der Waals surface area contributed by atoms with Crippen LogP contribution in [0.15, 0.2) is 48.5 Å². The molecule has 0 bridgehead atoms. The third-order valence-corrected chi connectivity index (χ3v) is 3.78. The van der Waals surface area contributed by atoms with Crippen LogP contribution < -0.4 is 4.74 Å². The quantitative estimate of drug-likeness (QED) is 0.440. The molecule has 0 aliphatic carbocycles. The van der Waals surface area contributed by atoms with Crippen molar-refractivity contribution >= 4 is 13.8 Å². The fourth-order valence-corrected chi connectivity index (χ4v) is 2.25. The molecule has 2 nitrogen and oxygen atoms in total. The van der Waals surface area contributed by atoms with Crippen LogP contribution in [0.1, 0.15) is 11.1 Å². The maximum absolute atomic E-state index is 6.93. The highest BCUT2D eigenvalue weighted by Gasteiger charge is 2.07. The summed E-state index contributed by atoms with van der Waals surface area (Å²) in [5.41, 5.74) is 6.07. The molecule has 0 aromatic heterocycles. The predicted molar refractivity (Wildman–Crippen MR) is 93.7 cm³/mol. The average Bonchev–Trinajstić information content (AvgIpc) is 2.52. The first kappa shape index (κ1) is 15.9. The summed E-state index contributed by atoms with van der Waals surface area (Å²) in [6.07, 6.45) is 0. The van der Waals surface area contributed by atoms with Gasteiger partial charge in [0.15, 0.2) is 5.69 Å². The lowest BCUT2D eigenvalue weighted by atomic mass is 10.2. The molecular weight excluding hydrogens is 286 g/mol.